The predicted octanol–water partition coefficient (Wildman–Crippen LogP) is 3.08. The molecule has 0 aliphatic heterocycles. The zero-order valence-electron chi connectivity index (χ0n) is 16.1. The molecule has 0 saturated heterocycles. The van der Waals surface area contributed by atoms with E-state index in [1.54, 1.807) is 13.1 Å². The lowest BCUT2D eigenvalue weighted by Crippen LogP contribution is -2.37. The molecule has 1 atom stereocenters. The van der Waals surface area contributed by atoms with Gasteiger partial charge < -0.3 is 15.4 Å². The molecule has 2 aromatic heterocycles. The molecule has 6 nitrogen and oxygen atoms in total. The van der Waals surface area contributed by atoms with Crippen molar-refractivity contribution in [3.8, 4) is 11.4 Å². The van der Waals surface area contributed by atoms with Gasteiger partial charge in [-0.25, -0.2) is 9.97 Å². The van der Waals surface area contributed by atoms with Crippen LogP contribution in [-0.2, 0) is 12.0 Å². The predicted molar refractivity (Wildman–Crippen MR) is 109 cm³/mol. The van der Waals surface area contributed by atoms with Crippen LogP contribution in [0.1, 0.15) is 35.2 Å². The number of anilines is 1. The first-order valence-electron chi connectivity index (χ1n) is 9.55. The minimum atomic E-state index is -0.893. The second kappa shape index (κ2) is 7.20. The minimum absolute atomic E-state index is 0.136. The highest BCUT2D eigenvalue weighted by Crippen LogP contribution is 2.35. The molecule has 6 heteroatoms. The van der Waals surface area contributed by atoms with Gasteiger partial charge in [-0.15, -0.1) is 0 Å². The van der Waals surface area contributed by atoms with E-state index in [-0.39, 0.29) is 5.56 Å². The Morgan fingerprint density at radius 1 is 1.21 bits per heavy atom. The third kappa shape index (κ3) is 3.43. The van der Waals surface area contributed by atoms with Crippen LogP contribution in [-0.4, -0.2) is 26.6 Å². The molecule has 0 fully saturated rings. The number of pyridine rings is 1. The molecule has 0 spiro atoms. The molecule has 2 heterocycles. The fraction of sp³-hybridized carbons (Fsp3) is 0.318. The molecule has 3 aromatic rings. The fourth-order valence-electron chi connectivity index (χ4n) is 3.74. The van der Waals surface area contributed by atoms with Gasteiger partial charge in [-0.3, -0.25) is 4.79 Å². The molecule has 0 radical (unpaired) electrons. The Morgan fingerprint density at radius 3 is 2.79 bits per heavy atom. The Hall–Kier alpha value is -2.99. The minimum Gasteiger partial charge on any atom is -0.383 e. The second-order valence-corrected chi connectivity index (χ2v) is 7.45. The lowest BCUT2D eigenvalue weighted by molar-refractivity contribution is 0.0322. The maximum absolute atomic E-state index is 12.0. The van der Waals surface area contributed by atoms with Crippen LogP contribution < -0.4 is 10.9 Å². The topological polar surface area (TPSA) is 90.9 Å². The van der Waals surface area contributed by atoms with Crippen LogP contribution in [0.3, 0.4) is 0 Å². The maximum atomic E-state index is 12.0. The van der Waals surface area contributed by atoms with E-state index in [0.717, 1.165) is 30.4 Å². The van der Waals surface area contributed by atoms with Gasteiger partial charge in [-0.1, -0.05) is 24.3 Å². The molecular formula is C22H24N4O2. The highest BCUT2D eigenvalue weighted by molar-refractivity contribution is 5.56. The third-order valence-electron chi connectivity index (χ3n) is 5.55. The van der Waals surface area contributed by atoms with E-state index in [1.165, 1.54) is 5.56 Å². The molecule has 4 rings (SSSR count). The maximum Gasteiger partial charge on any atom is 0.254 e. The molecule has 0 saturated carbocycles. The van der Waals surface area contributed by atoms with Crippen molar-refractivity contribution in [3.05, 3.63) is 75.3 Å². The molecule has 3 N–H and O–H groups in total. The summed E-state index contributed by atoms with van der Waals surface area (Å²) in [6.45, 7) is 3.97. The van der Waals surface area contributed by atoms with E-state index >= 15 is 0 Å². The summed E-state index contributed by atoms with van der Waals surface area (Å²) in [6, 6.07) is 11.8. The molecular weight excluding hydrogens is 352 g/mol. The quantitative estimate of drug-likeness (QED) is 0.651. The normalized spacial score (nSPS) is 18.5. The van der Waals surface area contributed by atoms with E-state index in [0.29, 0.717) is 29.4 Å². The number of H-pyrrole nitrogens is 1. The summed E-state index contributed by atoms with van der Waals surface area (Å²) in [4.78, 5) is 23.6. The summed E-state index contributed by atoms with van der Waals surface area (Å²) in [5.74, 6) is 1.18. The number of hydrogen-bond donors (Lipinski definition) is 3. The van der Waals surface area contributed by atoms with Crippen molar-refractivity contribution < 1.29 is 5.11 Å². The van der Waals surface area contributed by atoms with Crippen LogP contribution in [0.5, 0.6) is 0 Å². The fourth-order valence-corrected chi connectivity index (χ4v) is 3.74. The van der Waals surface area contributed by atoms with Crippen LogP contribution in [0.2, 0.25) is 0 Å². The lowest BCUT2D eigenvalue weighted by atomic mass is 9.79. The number of fused-ring (bicyclic) bond motifs is 1. The molecule has 28 heavy (non-hydrogen) atoms. The summed E-state index contributed by atoms with van der Waals surface area (Å²) >= 11 is 0. The molecule has 144 valence electrons. The monoisotopic (exact) mass is 376 g/mol. The van der Waals surface area contributed by atoms with Gasteiger partial charge in [0.2, 0.25) is 0 Å². The summed E-state index contributed by atoms with van der Waals surface area (Å²) in [5, 5.41) is 14.4. The number of nitrogens with one attached hydrogen (secondary N) is 2. The number of aryl methyl sites for hydroxylation is 2. The van der Waals surface area contributed by atoms with Crippen molar-refractivity contribution in [3.63, 3.8) is 0 Å². The molecule has 1 aromatic carbocycles. The number of benzene rings is 1. The molecule has 1 unspecified atom stereocenters. The number of aromatic amines is 1. The van der Waals surface area contributed by atoms with Crippen LogP contribution in [0.15, 0.2) is 47.4 Å². The van der Waals surface area contributed by atoms with E-state index in [2.05, 4.69) is 26.3 Å². The average Bonchev–Trinajstić information content (AvgIpc) is 2.71. The summed E-state index contributed by atoms with van der Waals surface area (Å²) in [7, 11) is 0. The van der Waals surface area contributed by atoms with E-state index in [4.69, 9.17) is 0 Å². The van der Waals surface area contributed by atoms with Crippen LogP contribution in [0.4, 0.5) is 5.82 Å². The van der Waals surface area contributed by atoms with Gasteiger partial charge in [0.05, 0.1) is 0 Å². The summed E-state index contributed by atoms with van der Waals surface area (Å²) in [6.07, 6.45) is 4.37. The number of nitrogens with zero attached hydrogens (tertiary/aromatic N) is 2. The van der Waals surface area contributed by atoms with Gasteiger partial charge in [-0.05, 0) is 56.4 Å². The molecule has 0 amide bonds. The second-order valence-electron chi connectivity index (χ2n) is 7.45. The van der Waals surface area contributed by atoms with E-state index in [9.17, 15) is 9.90 Å². The van der Waals surface area contributed by atoms with Crippen molar-refractivity contribution in [2.45, 2.75) is 38.7 Å². The van der Waals surface area contributed by atoms with Gasteiger partial charge in [0.1, 0.15) is 17.2 Å². The van der Waals surface area contributed by atoms with E-state index in [1.807, 2.05) is 37.3 Å². The van der Waals surface area contributed by atoms with Crippen molar-refractivity contribution in [1.29, 1.82) is 0 Å². The number of rotatable bonds is 4. The standard InChI is InChI=1S/C22H24N4O2/c1-14-15(2)25-20(26-21(14)27)17-9-10-19(23-12-17)24-13-22(28)11-5-7-16-6-3-4-8-18(16)22/h3-4,6,8-10,12,28H,5,7,11,13H2,1-2H3,(H,23,24)(H,25,26,27). The Kier molecular flexibility index (Phi) is 4.73. The largest absolute Gasteiger partial charge is 0.383 e. The SMILES string of the molecule is Cc1nc(-c2ccc(NCC3(O)CCCc4ccccc43)nc2)[nH]c(=O)c1C. The van der Waals surface area contributed by atoms with Gasteiger partial charge in [0, 0.05) is 29.6 Å². The zero-order valence-corrected chi connectivity index (χ0v) is 16.1. The average molecular weight is 376 g/mol. The molecule has 1 aliphatic rings. The zero-order chi connectivity index (χ0) is 19.7. The smallest absolute Gasteiger partial charge is 0.254 e. The first-order valence-corrected chi connectivity index (χ1v) is 9.55. The molecule has 1 aliphatic carbocycles. The Morgan fingerprint density at radius 2 is 2.04 bits per heavy atom. The summed E-state index contributed by atoms with van der Waals surface area (Å²) in [5.41, 5.74) is 3.26. The van der Waals surface area contributed by atoms with Gasteiger partial charge in [0.25, 0.3) is 5.56 Å². The third-order valence-corrected chi connectivity index (χ3v) is 5.55. The summed E-state index contributed by atoms with van der Waals surface area (Å²) < 4.78 is 0. The van der Waals surface area contributed by atoms with Crippen molar-refractivity contribution in [2.24, 2.45) is 0 Å². The van der Waals surface area contributed by atoms with Crippen LogP contribution in [0, 0.1) is 13.8 Å². The van der Waals surface area contributed by atoms with Gasteiger partial charge >= 0.3 is 0 Å². The van der Waals surface area contributed by atoms with Crippen LogP contribution >= 0.6 is 0 Å². The van der Waals surface area contributed by atoms with Crippen molar-refractivity contribution >= 4 is 5.82 Å². The number of aliphatic hydroxyl groups is 1. The van der Waals surface area contributed by atoms with Gasteiger partial charge in [0.15, 0.2) is 0 Å². The van der Waals surface area contributed by atoms with E-state index < -0.39 is 5.60 Å². The van der Waals surface area contributed by atoms with Crippen molar-refractivity contribution in [1.82, 2.24) is 15.0 Å². The Bertz CT molecular complexity index is 1060. The molecule has 0 bridgehead atoms. The Balaban J connectivity index is 1.51. The Labute approximate surface area is 163 Å². The number of aromatic nitrogens is 3. The van der Waals surface area contributed by atoms with Crippen molar-refractivity contribution in [2.75, 3.05) is 11.9 Å². The van der Waals surface area contributed by atoms with Crippen LogP contribution in [0.25, 0.3) is 11.4 Å². The van der Waals surface area contributed by atoms with Gasteiger partial charge in [-0.2, -0.15) is 0 Å². The highest BCUT2D eigenvalue weighted by atomic mass is 16.3. The first-order chi connectivity index (χ1) is 13.5. The lowest BCUT2D eigenvalue weighted by Gasteiger charge is -2.34. The number of hydrogen-bond acceptors (Lipinski definition) is 5. The highest BCUT2D eigenvalue weighted by Gasteiger charge is 2.33. The first kappa shape index (κ1) is 18.4.